The third-order valence-electron chi connectivity index (χ3n) is 4.12. The van der Waals surface area contributed by atoms with E-state index in [9.17, 15) is 4.79 Å². The lowest BCUT2D eigenvalue weighted by molar-refractivity contribution is 0.0995. The van der Waals surface area contributed by atoms with Crippen LogP contribution in [0.25, 0.3) is 0 Å². The van der Waals surface area contributed by atoms with E-state index in [-0.39, 0.29) is 5.92 Å². The maximum Gasteiger partial charge on any atom is 0.267 e. The predicted octanol–water partition coefficient (Wildman–Crippen LogP) is 1.97. The summed E-state index contributed by atoms with van der Waals surface area (Å²) in [4.78, 5) is 27.0. The molecule has 0 saturated carbocycles. The van der Waals surface area contributed by atoms with Crippen molar-refractivity contribution < 1.29 is 4.79 Å². The Labute approximate surface area is 135 Å². The van der Waals surface area contributed by atoms with E-state index in [0.29, 0.717) is 5.69 Å². The molecular weight excluding hydrogens is 290 g/mol. The fourth-order valence-corrected chi connectivity index (χ4v) is 3.07. The van der Waals surface area contributed by atoms with E-state index in [1.165, 1.54) is 0 Å². The number of aryl methyl sites for hydroxylation is 2. The SMILES string of the molecule is Cc1cc(C)nc(N2CCC[C@H](c3cccc(C(N)=O)n3)C2)n1. The molecule has 1 amide bonds. The molecule has 0 unspecified atom stereocenters. The Kier molecular flexibility index (Phi) is 4.23. The normalized spacial score (nSPS) is 18.0. The van der Waals surface area contributed by atoms with E-state index in [4.69, 9.17) is 5.73 Å². The monoisotopic (exact) mass is 311 g/mol. The highest BCUT2D eigenvalue weighted by atomic mass is 16.1. The number of nitrogens with two attached hydrogens (primary N) is 1. The Morgan fingerprint density at radius 1 is 1.22 bits per heavy atom. The molecule has 6 nitrogen and oxygen atoms in total. The van der Waals surface area contributed by atoms with E-state index in [1.54, 1.807) is 6.07 Å². The molecule has 1 aliphatic rings. The fourth-order valence-electron chi connectivity index (χ4n) is 3.07. The minimum atomic E-state index is -0.489. The van der Waals surface area contributed by atoms with Crippen molar-refractivity contribution in [2.45, 2.75) is 32.6 Å². The Hall–Kier alpha value is -2.50. The Morgan fingerprint density at radius 3 is 2.65 bits per heavy atom. The van der Waals surface area contributed by atoms with Gasteiger partial charge < -0.3 is 10.6 Å². The third-order valence-corrected chi connectivity index (χ3v) is 4.12. The molecule has 1 fully saturated rings. The van der Waals surface area contributed by atoms with Crippen LogP contribution < -0.4 is 10.6 Å². The van der Waals surface area contributed by atoms with Gasteiger partial charge in [0.15, 0.2) is 0 Å². The molecule has 0 aliphatic carbocycles. The summed E-state index contributed by atoms with van der Waals surface area (Å²) < 4.78 is 0. The molecule has 1 saturated heterocycles. The van der Waals surface area contributed by atoms with Crippen LogP contribution in [-0.2, 0) is 0 Å². The highest BCUT2D eigenvalue weighted by Gasteiger charge is 2.24. The van der Waals surface area contributed by atoms with E-state index >= 15 is 0 Å². The first-order chi connectivity index (χ1) is 11.0. The molecule has 2 aromatic rings. The number of rotatable bonds is 3. The van der Waals surface area contributed by atoms with Crippen LogP contribution in [-0.4, -0.2) is 33.9 Å². The van der Waals surface area contributed by atoms with Gasteiger partial charge in [0.25, 0.3) is 5.91 Å². The summed E-state index contributed by atoms with van der Waals surface area (Å²) in [5.41, 5.74) is 8.52. The molecule has 0 bridgehead atoms. The smallest absolute Gasteiger partial charge is 0.267 e. The summed E-state index contributed by atoms with van der Waals surface area (Å²) in [6.45, 7) is 5.71. The van der Waals surface area contributed by atoms with E-state index in [1.807, 2.05) is 32.0 Å². The predicted molar refractivity (Wildman–Crippen MR) is 88.4 cm³/mol. The number of hydrogen-bond acceptors (Lipinski definition) is 5. The van der Waals surface area contributed by atoms with Crippen LogP contribution in [0.5, 0.6) is 0 Å². The van der Waals surface area contributed by atoms with Crippen LogP contribution in [0.1, 0.15) is 46.3 Å². The van der Waals surface area contributed by atoms with E-state index in [2.05, 4.69) is 19.9 Å². The quantitative estimate of drug-likeness (QED) is 0.936. The zero-order valence-electron chi connectivity index (χ0n) is 13.5. The van der Waals surface area contributed by atoms with Gasteiger partial charge >= 0.3 is 0 Å². The van der Waals surface area contributed by atoms with Crippen molar-refractivity contribution >= 4 is 11.9 Å². The first-order valence-corrected chi connectivity index (χ1v) is 7.87. The van der Waals surface area contributed by atoms with Crippen LogP contribution in [0, 0.1) is 13.8 Å². The van der Waals surface area contributed by atoms with Gasteiger partial charge in [-0.3, -0.25) is 4.79 Å². The standard InChI is InChI=1S/C17H21N5O/c1-11-9-12(2)20-17(19-11)22-8-4-5-13(10-22)14-6-3-7-15(21-14)16(18)23/h3,6-7,9,13H,4-5,8,10H2,1-2H3,(H2,18,23)/t13-/m0/s1. The van der Waals surface area contributed by atoms with Crippen molar-refractivity contribution in [2.24, 2.45) is 5.73 Å². The zero-order valence-corrected chi connectivity index (χ0v) is 13.5. The highest BCUT2D eigenvalue weighted by molar-refractivity contribution is 5.90. The van der Waals surface area contributed by atoms with Gasteiger partial charge in [-0.1, -0.05) is 6.07 Å². The van der Waals surface area contributed by atoms with Crippen LogP contribution in [0.3, 0.4) is 0 Å². The summed E-state index contributed by atoms with van der Waals surface area (Å²) in [6, 6.07) is 7.43. The Morgan fingerprint density at radius 2 is 1.96 bits per heavy atom. The van der Waals surface area contributed by atoms with Crippen LogP contribution in [0.4, 0.5) is 5.95 Å². The molecule has 2 aromatic heterocycles. The topological polar surface area (TPSA) is 85.0 Å². The third kappa shape index (κ3) is 3.47. The fraction of sp³-hybridized carbons (Fsp3) is 0.412. The molecule has 1 atom stereocenters. The number of anilines is 1. The van der Waals surface area contributed by atoms with Gasteiger partial charge in [-0.25, -0.2) is 15.0 Å². The van der Waals surface area contributed by atoms with Crippen LogP contribution >= 0.6 is 0 Å². The summed E-state index contributed by atoms with van der Waals surface area (Å²) in [5, 5.41) is 0. The van der Waals surface area contributed by atoms with Crippen LogP contribution in [0.2, 0.25) is 0 Å². The first-order valence-electron chi connectivity index (χ1n) is 7.87. The summed E-state index contributed by atoms with van der Waals surface area (Å²) >= 11 is 0. The molecule has 3 rings (SSSR count). The van der Waals surface area contributed by atoms with Gasteiger partial charge in [-0.05, 0) is 44.9 Å². The maximum absolute atomic E-state index is 11.3. The summed E-state index contributed by atoms with van der Waals surface area (Å²) in [7, 11) is 0. The largest absolute Gasteiger partial charge is 0.364 e. The number of carbonyl (C=O) groups excluding carboxylic acids is 1. The second-order valence-electron chi connectivity index (χ2n) is 6.05. The van der Waals surface area contributed by atoms with Gasteiger partial charge in [-0.2, -0.15) is 0 Å². The Bertz CT molecular complexity index is 710. The summed E-state index contributed by atoms with van der Waals surface area (Å²) in [6.07, 6.45) is 2.08. The molecule has 0 spiro atoms. The van der Waals surface area contributed by atoms with E-state index in [0.717, 1.165) is 49.0 Å². The van der Waals surface area contributed by atoms with Crippen molar-refractivity contribution in [1.82, 2.24) is 15.0 Å². The van der Waals surface area contributed by atoms with Crippen molar-refractivity contribution in [3.8, 4) is 0 Å². The van der Waals surface area contributed by atoms with Crippen molar-refractivity contribution in [1.29, 1.82) is 0 Å². The average molecular weight is 311 g/mol. The first kappa shape index (κ1) is 15.4. The number of pyridine rings is 1. The number of nitrogens with zero attached hydrogens (tertiary/aromatic N) is 4. The summed E-state index contributed by atoms with van der Waals surface area (Å²) in [5.74, 6) is 0.544. The maximum atomic E-state index is 11.3. The number of primary amides is 1. The minimum Gasteiger partial charge on any atom is -0.364 e. The number of piperidine rings is 1. The van der Waals surface area contributed by atoms with Gasteiger partial charge in [0.1, 0.15) is 5.69 Å². The molecular formula is C17H21N5O. The van der Waals surface area contributed by atoms with Gasteiger partial charge in [0, 0.05) is 36.1 Å². The molecule has 0 aromatic carbocycles. The molecule has 3 heterocycles. The highest BCUT2D eigenvalue weighted by Crippen LogP contribution is 2.27. The lowest BCUT2D eigenvalue weighted by Gasteiger charge is -2.32. The number of hydrogen-bond donors (Lipinski definition) is 1. The second-order valence-corrected chi connectivity index (χ2v) is 6.05. The van der Waals surface area contributed by atoms with Crippen molar-refractivity contribution in [3.63, 3.8) is 0 Å². The van der Waals surface area contributed by atoms with E-state index < -0.39 is 5.91 Å². The van der Waals surface area contributed by atoms with Crippen molar-refractivity contribution in [2.75, 3.05) is 18.0 Å². The average Bonchev–Trinajstić information content (AvgIpc) is 2.54. The van der Waals surface area contributed by atoms with Crippen LogP contribution in [0.15, 0.2) is 24.3 Å². The number of aromatic nitrogens is 3. The van der Waals surface area contributed by atoms with Gasteiger partial charge in [0.05, 0.1) is 0 Å². The number of amides is 1. The minimum absolute atomic E-state index is 0.257. The van der Waals surface area contributed by atoms with Gasteiger partial charge in [-0.15, -0.1) is 0 Å². The molecule has 120 valence electrons. The molecule has 0 radical (unpaired) electrons. The molecule has 23 heavy (non-hydrogen) atoms. The van der Waals surface area contributed by atoms with Crippen molar-refractivity contribution in [3.05, 3.63) is 47.0 Å². The lowest BCUT2D eigenvalue weighted by Crippen LogP contribution is -2.36. The molecule has 1 aliphatic heterocycles. The lowest BCUT2D eigenvalue weighted by atomic mass is 9.94. The Balaban J connectivity index is 1.83. The molecule has 6 heteroatoms. The number of carbonyl (C=O) groups is 1. The van der Waals surface area contributed by atoms with Gasteiger partial charge in [0.2, 0.25) is 5.95 Å². The molecule has 2 N–H and O–H groups in total. The zero-order chi connectivity index (χ0) is 16.4. The second kappa shape index (κ2) is 6.32.